The summed E-state index contributed by atoms with van der Waals surface area (Å²) in [6, 6.07) is 12.5. The largest absolute Gasteiger partial charge is 0.343 e. The third-order valence-electron chi connectivity index (χ3n) is 3.81. The smallest absolute Gasteiger partial charge is 0.319 e. The van der Waals surface area contributed by atoms with Crippen LogP contribution in [0.15, 0.2) is 30.3 Å². The summed E-state index contributed by atoms with van der Waals surface area (Å²) in [4.78, 5) is 45.3. The molecule has 0 aliphatic rings. The topological polar surface area (TPSA) is 121 Å². The van der Waals surface area contributed by atoms with E-state index in [9.17, 15) is 0 Å². The molecule has 1 aromatic rings. The maximum atomic E-state index is 7.56. The van der Waals surface area contributed by atoms with E-state index in [1.165, 1.54) is 77.0 Å². The monoisotopic (exact) mass is 623 g/mol. The second-order valence-corrected chi connectivity index (χ2v) is 12.3. The Morgan fingerprint density at radius 2 is 0.829 bits per heavy atom. The molecule has 0 bridgehead atoms. The molecule has 0 fully saturated rings. The molecule has 6 nitrogen and oxygen atoms in total. The second-order valence-electron chi connectivity index (χ2n) is 7.35. The van der Waals surface area contributed by atoms with Gasteiger partial charge < -0.3 is 43.2 Å². The Kier molecular flexibility index (Phi) is 48.5. The van der Waals surface area contributed by atoms with E-state index in [2.05, 4.69) is 57.4 Å². The Morgan fingerprint density at radius 1 is 0.571 bits per heavy atom. The van der Waals surface area contributed by atoms with Gasteiger partial charge in [0.2, 0.25) is 0 Å². The standard InChI is InChI=1S/2C9H19.C6H5.2H3O3PS.Zn/c2*1-3-5-7-9-8-6-4-2;1-2-4-6-5-3-1;2*1-4(2,3)5;/h2*1,3-9H2,2H3;1-5H;2*(H3,1,2,3,5);/q3*-1;;;. The van der Waals surface area contributed by atoms with Crippen LogP contribution in [0.2, 0.25) is 0 Å². The van der Waals surface area contributed by atoms with E-state index in [0.29, 0.717) is 0 Å². The summed E-state index contributed by atoms with van der Waals surface area (Å²) in [5.41, 5.74) is 0. The van der Waals surface area contributed by atoms with E-state index in [4.69, 9.17) is 29.4 Å². The Morgan fingerprint density at radius 3 is 1.00 bits per heavy atom. The Hall–Kier alpha value is 0.903. The number of benzene rings is 1. The maximum absolute atomic E-state index is 7.56. The minimum atomic E-state index is -3.81. The zero-order valence-electron chi connectivity index (χ0n) is 21.8. The van der Waals surface area contributed by atoms with Crippen molar-refractivity contribution in [2.45, 2.75) is 104 Å². The van der Waals surface area contributed by atoms with Crippen molar-refractivity contribution in [3.8, 4) is 0 Å². The summed E-state index contributed by atoms with van der Waals surface area (Å²) in [6.07, 6.45) is 18.9. The maximum Gasteiger partial charge on any atom is 0.319 e. The van der Waals surface area contributed by atoms with Gasteiger partial charge in [0.15, 0.2) is 0 Å². The van der Waals surface area contributed by atoms with Gasteiger partial charge in [0.1, 0.15) is 0 Å². The van der Waals surface area contributed by atoms with Crippen LogP contribution in [0, 0.1) is 19.9 Å². The van der Waals surface area contributed by atoms with Gasteiger partial charge in [-0.25, -0.2) is 0 Å². The summed E-state index contributed by atoms with van der Waals surface area (Å²) >= 11 is 7.21. The van der Waals surface area contributed by atoms with Gasteiger partial charge in [0, 0.05) is 19.5 Å². The summed E-state index contributed by atoms with van der Waals surface area (Å²) in [6.45, 7) is 4.50. The quantitative estimate of drug-likeness (QED) is 0.0636. The molecule has 0 atom stereocenters. The van der Waals surface area contributed by atoms with Crippen LogP contribution >= 0.6 is 13.4 Å². The number of hydrogen-bond donors (Lipinski definition) is 6. The van der Waals surface area contributed by atoms with E-state index in [1.54, 1.807) is 0 Å². The number of hydrogen-bond acceptors (Lipinski definition) is 2. The molecule has 0 aromatic heterocycles. The van der Waals surface area contributed by atoms with Crippen molar-refractivity contribution in [2.75, 3.05) is 0 Å². The van der Waals surface area contributed by atoms with Crippen molar-refractivity contribution >= 4 is 37.1 Å². The summed E-state index contributed by atoms with van der Waals surface area (Å²) < 4.78 is 0. The zero-order valence-corrected chi connectivity index (χ0v) is 28.2. The van der Waals surface area contributed by atoms with Crippen LogP contribution in [-0.2, 0) is 43.1 Å². The summed E-state index contributed by atoms with van der Waals surface area (Å²) in [5.74, 6) is 0. The molecule has 208 valence electrons. The van der Waals surface area contributed by atoms with E-state index >= 15 is 0 Å². The molecule has 0 aliphatic heterocycles. The van der Waals surface area contributed by atoms with Gasteiger partial charge in [-0.05, 0) is 23.6 Å². The fraction of sp³-hybridized carbons (Fsp3) is 0.667. The van der Waals surface area contributed by atoms with Gasteiger partial charge in [-0.15, -0.1) is 0 Å². The van der Waals surface area contributed by atoms with Gasteiger partial charge in [0.05, 0.1) is 0 Å². The van der Waals surface area contributed by atoms with Gasteiger partial charge in [0.25, 0.3) is 0 Å². The summed E-state index contributed by atoms with van der Waals surface area (Å²) in [5, 5.41) is 0. The minimum absolute atomic E-state index is 0. The average Bonchev–Trinajstić information content (AvgIpc) is 2.74. The molecule has 11 heteroatoms. The van der Waals surface area contributed by atoms with Gasteiger partial charge in [-0.1, -0.05) is 90.9 Å². The Bertz CT molecular complexity index is 471. The molecule has 0 spiro atoms. The fourth-order valence-corrected chi connectivity index (χ4v) is 2.26. The second kappa shape index (κ2) is 37.1. The first-order valence-electron chi connectivity index (χ1n) is 11.9. The Labute approximate surface area is 238 Å². The molecular formula is C24H49O6P2S2Zn-3. The molecule has 1 aromatic carbocycles. The van der Waals surface area contributed by atoms with E-state index in [-0.39, 0.29) is 19.5 Å². The Balaban J connectivity index is -0.000000109. The first-order chi connectivity index (χ1) is 15.8. The van der Waals surface area contributed by atoms with Crippen molar-refractivity contribution in [3.05, 3.63) is 50.2 Å². The van der Waals surface area contributed by atoms with Crippen molar-refractivity contribution < 1.29 is 48.8 Å². The van der Waals surface area contributed by atoms with Gasteiger partial charge in [-0.2, -0.15) is 49.2 Å². The van der Waals surface area contributed by atoms with E-state index in [1.807, 2.05) is 30.3 Å². The molecule has 1 rings (SSSR count). The minimum Gasteiger partial charge on any atom is -0.343 e. The van der Waals surface area contributed by atoms with Crippen LogP contribution < -0.4 is 0 Å². The van der Waals surface area contributed by atoms with Crippen LogP contribution in [0.3, 0.4) is 0 Å². The molecule has 0 unspecified atom stereocenters. The van der Waals surface area contributed by atoms with Crippen molar-refractivity contribution in [3.63, 3.8) is 0 Å². The van der Waals surface area contributed by atoms with Crippen molar-refractivity contribution in [1.29, 1.82) is 0 Å². The first-order valence-corrected chi connectivity index (χ1v) is 17.2. The SMILES string of the molecule is OP(O)(O)=S.OP(O)(O)=S.[CH2-]CCCCCCCC.[CH2-]CCCCCCCC.[Zn].[c-]1ccccc1. The molecule has 0 radical (unpaired) electrons. The van der Waals surface area contributed by atoms with E-state index < -0.39 is 13.4 Å². The van der Waals surface area contributed by atoms with Gasteiger partial charge in [-0.3, -0.25) is 0 Å². The third kappa shape index (κ3) is 106. The third-order valence-corrected chi connectivity index (χ3v) is 3.81. The van der Waals surface area contributed by atoms with Crippen LogP contribution in [0.4, 0.5) is 0 Å². The average molecular weight is 625 g/mol. The molecular weight excluding hydrogens is 576 g/mol. The fourth-order valence-electron chi connectivity index (χ4n) is 2.26. The molecule has 0 saturated heterocycles. The van der Waals surface area contributed by atoms with Crippen LogP contribution in [0.25, 0.3) is 0 Å². The predicted octanol–water partition coefficient (Wildman–Crippen LogP) is 7.00. The van der Waals surface area contributed by atoms with Crippen LogP contribution in [0.5, 0.6) is 0 Å². The molecule has 6 N–H and O–H groups in total. The number of unbranched alkanes of at least 4 members (excludes halogenated alkanes) is 12. The van der Waals surface area contributed by atoms with Crippen molar-refractivity contribution in [2.24, 2.45) is 0 Å². The van der Waals surface area contributed by atoms with Crippen LogP contribution in [-0.4, -0.2) is 29.4 Å². The van der Waals surface area contributed by atoms with Crippen molar-refractivity contribution in [1.82, 2.24) is 0 Å². The predicted molar refractivity (Wildman–Crippen MR) is 154 cm³/mol. The van der Waals surface area contributed by atoms with Gasteiger partial charge >= 0.3 is 13.4 Å². The molecule has 35 heavy (non-hydrogen) atoms. The normalized spacial score (nSPS) is 9.89. The molecule has 0 amide bonds. The summed E-state index contributed by atoms with van der Waals surface area (Å²) in [7, 11) is 0. The molecule has 0 heterocycles. The first kappa shape index (κ1) is 45.8. The van der Waals surface area contributed by atoms with E-state index in [0.717, 1.165) is 12.8 Å². The van der Waals surface area contributed by atoms with Crippen LogP contribution in [0.1, 0.15) is 104 Å². The number of rotatable bonds is 12. The molecule has 0 aliphatic carbocycles. The zero-order chi connectivity index (χ0) is 27.1. The molecule has 0 saturated carbocycles.